The standard InChI is InChI=1S/C23H30N4O4/c1-15-11-16(2)13-18(12-15)22(30)27(19-7-5-4-6-8-19)25-20(28)9-10-26-14-17(3)21(29)24-23(26)31/h11-14,19H,4-10H2,1-3H3,(H,25,28)(H,24,29,31). The van der Waals surface area contributed by atoms with Gasteiger partial charge in [-0.25, -0.2) is 9.80 Å². The van der Waals surface area contributed by atoms with Crippen molar-refractivity contribution in [2.24, 2.45) is 0 Å². The fourth-order valence-corrected chi connectivity index (χ4v) is 4.08. The van der Waals surface area contributed by atoms with E-state index in [-0.39, 0.29) is 30.8 Å². The highest BCUT2D eigenvalue weighted by Crippen LogP contribution is 2.23. The molecule has 2 amide bonds. The summed E-state index contributed by atoms with van der Waals surface area (Å²) in [6.07, 6.45) is 6.30. The van der Waals surface area contributed by atoms with E-state index in [9.17, 15) is 19.2 Å². The van der Waals surface area contributed by atoms with Crippen LogP contribution in [0.1, 0.15) is 65.6 Å². The number of nitrogens with one attached hydrogen (secondary N) is 2. The number of amides is 2. The van der Waals surface area contributed by atoms with Gasteiger partial charge >= 0.3 is 5.69 Å². The average Bonchev–Trinajstić information content (AvgIpc) is 2.73. The van der Waals surface area contributed by atoms with Gasteiger partial charge in [0.05, 0.1) is 6.04 Å². The molecule has 31 heavy (non-hydrogen) atoms. The molecule has 1 heterocycles. The van der Waals surface area contributed by atoms with Crippen molar-refractivity contribution >= 4 is 11.8 Å². The molecule has 1 aromatic heterocycles. The summed E-state index contributed by atoms with van der Waals surface area (Å²) in [5.41, 5.74) is 4.74. The van der Waals surface area contributed by atoms with Gasteiger partial charge in [-0.1, -0.05) is 36.5 Å². The van der Waals surface area contributed by atoms with Gasteiger partial charge in [-0.05, 0) is 45.7 Å². The van der Waals surface area contributed by atoms with E-state index in [2.05, 4.69) is 10.4 Å². The van der Waals surface area contributed by atoms with Crippen molar-refractivity contribution in [3.8, 4) is 0 Å². The summed E-state index contributed by atoms with van der Waals surface area (Å²) >= 11 is 0. The lowest BCUT2D eigenvalue weighted by Gasteiger charge is -2.34. The molecule has 0 bridgehead atoms. The molecule has 1 fully saturated rings. The van der Waals surface area contributed by atoms with Gasteiger partial charge in [0.2, 0.25) is 5.91 Å². The number of hydrogen-bond donors (Lipinski definition) is 2. The van der Waals surface area contributed by atoms with Crippen LogP contribution >= 0.6 is 0 Å². The van der Waals surface area contributed by atoms with Gasteiger partial charge in [0.1, 0.15) is 0 Å². The number of hydrogen-bond acceptors (Lipinski definition) is 4. The molecule has 0 radical (unpaired) electrons. The molecule has 1 aliphatic rings. The van der Waals surface area contributed by atoms with Crippen LogP contribution in [-0.2, 0) is 11.3 Å². The van der Waals surface area contributed by atoms with Crippen molar-refractivity contribution in [1.82, 2.24) is 20.0 Å². The van der Waals surface area contributed by atoms with Crippen LogP contribution in [0, 0.1) is 20.8 Å². The Balaban J connectivity index is 1.75. The second-order valence-corrected chi connectivity index (χ2v) is 8.39. The zero-order chi connectivity index (χ0) is 22.5. The van der Waals surface area contributed by atoms with E-state index in [0.29, 0.717) is 11.1 Å². The zero-order valence-corrected chi connectivity index (χ0v) is 18.4. The Labute approximate surface area is 181 Å². The average molecular weight is 427 g/mol. The summed E-state index contributed by atoms with van der Waals surface area (Å²) in [6.45, 7) is 5.59. The molecule has 0 unspecified atom stereocenters. The minimum atomic E-state index is -0.557. The molecule has 1 aromatic carbocycles. The molecule has 3 rings (SSSR count). The Hall–Kier alpha value is -3.16. The van der Waals surface area contributed by atoms with E-state index in [0.717, 1.165) is 43.2 Å². The van der Waals surface area contributed by atoms with Crippen LogP contribution in [0.15, 0.2) is 34.0 Å². The van der Waals surface area contributed by atoms with Gasteiger partial charge < -0.3 is 0 Å². The molecule has 0 spiro atoms. The third-order valence-corrected chi connectivity index (χ3v) is 5.64. The van der Waals surface area contributed by atoms with Crippen LogP contribution in [-0.4, -0.2) is 32.4 Å². The molecule has 166 valence electrons. The highest BCUT2D eigenvalue weighted by atomic mass is 16.2. The minimum absolute atomic E-state index is 0.00867. The number of aromatic nitrogens is 2. The Kier molecular flexibility index (Phi) is 7.09. The predicted molar refractivity (Wildman–Crippen MR) is 118 cm³/mol. The van der Waals surface area contributed by atoms with Crippen LogP contribution in [0.2, 0.25) is 0 Å². The van der Waals surface area contributed by atoms with Crippen LogP contribution < -0.4 is 16.7 Å². The normalized spacial score (nSPS) is 14.3. The molecule has 2 N–H and O–H groups in total. The zero-order valence-electron chi connectivity index (χ0n) is 18.4. The van der Waals surface area contributed by atoms with Gasteiger partial charge in [-0.2, -0.15) is 0 Å². The molecule has 0 aliphatic heterocycles. The van der Waals surface area contributed by atoms with Crippen molar-refractivity contribution in [2.75, 3.05) is 0 Å². The summed E-state index contributed by atoms with van der Waals surface area (Å²) in [5, 5.41) is 1.48. The molecular formula is C23H30N4O4. The molecular weight excluding hydrogens is 396 g/mol. The fourth-order valence-electron chi connectivity index (χ4n) is 4.08. The van der Waals surface area contributed by atoms with Crippen molar-refractivity contribution in [3.63, 3.8) is 0 Å². The topological polar surface area (TPSA) is 104 Å². The summed E-state index contributed by atoms with van der Waals surface area (Å²) in [7, 11) is 0. The minimum Gasteiger partial charge on any atom is -0.300 e. The first-order chi connectivity index (χ1) is 14.7. The number of benzene rings is 1. The van der Waals surface area contributed by atoms with Gasteiger partial charge in [-0.3, -0.25) is 29.4 Å². The van der Waals surface area contributed by atoms with E-state index >= 15 is 0 Å². The van der Waals surface area contributed by atoms with E-state index < -0.39 is 11.2 Å². The van der Waals surface area contributed by atoms with E-state index in [1.165, 1.54) is 15.8 Å². The molecule has 1 aliphatic carbocycles. The van der Waals surface area contributed by atoms with Crippen molar-refractivity contribution in [3.05, 3.63) is 67.5 Å². The monoisotopic (exact) mass is 426 g/mol. The van der Waals surface area contributed by atoms with Gasteiger partial charge in [0.15, 0.2) is 0 Å². The van der Waals surface area contributed by atoms with E-state index in [1.54, 1.807) is 6.92 Å². The van der Waals surface area contributed by atoms with Crippen LogP contribution in [0.25, 0.3) is 0 Å². The first-order valence-corrected chi connectivity index (χ1v) is 10.8. The summed E-state index contributed by atoms with van der Waals surface area (Å²) < 4.78 is 1.30. The maximum Gasteiger partial charge on any atom is 0.328 e. The number of carbonyl (C=O) groups excluding carboxylic acids is 2. The Morgan fingerprint density at radius 2 is 1.71 bits per heavy atom. The van der Waals surface area contributed by atoms with Crippen molar-refractivity contribution in [2.45, 2.75) is 71.9 Å². The Morgan fingerprint density at radius 3 is 2.35 bits per heavy atom. The third kappa shape index (κ3) is 5.71. The van der Waals surface area contributed by atoms with Gasteiger partial charge in [0.25, 0.3) is 11.5 Å². The molecule has 0 saturated heterocycles. The van der Waals surface area contributed by atoms with E-state index in [4.69, 9.17) is 0 Å². The fraction of sp³-hybridized carbons (Fsp3) is 0.478. The number of aryl methyl sites for hydroxylation is 4. The maximum atomic E-state index is 13.3. The second-order valence-electron chi connectivity index (χ2n) is 8.39. The highest BCUT2D eigenvalue weighted by Gasteiger charge is 2.28. The molecule has 1 saturated carbocycles. The maximum absolute atomic E-state index is 13.3. The summed E-state index contributed by atoms with van der Waals surface area (Å²) in [4.78, 5) is 51.7. The SMILES string of the molecule is Cc1cc(C)cc(C(=O)N(NC(=O)CCn2cc(C)c(=O)[nH]c2=O)C2CCCCC2)c1. The summed E-state index contributed by atoms with van der Waals surface area (Å²) in [6, 6.07) is 5.62. The lowest BCUT2D eigenvalue weighted by Crippen LogP contribution is -2.52. The Bertz CT molecular complexity index is 1060. The number of H-pyrrole nitrogens is 1. The lowest BCUT2D eigenvalue weighted by molar-refractivity contribution is -0.126. The molecule has 2 aromatic rings. The quantitative estimate of drug-likeness (QED) is 0.716. The van der Waals surface area contributed by atoms with Crippen LogP contribution in [0.5, 0.6) is 0 Å². The predicted octanol–water partition coefficient (Wildman–Crippen LogP) is 2.36. The number of aromatic amines is 1. The van der Waals surface area contributed by atoms with Crippen molar-refractivity contribution < 1.29 is 9.59 Å². The van der Waals surface area contributed by atoms with Crippen molar-refractivity contribution in [1.29, 1.82) is 0 Å². The van der Waals surface area contributed by atoms with Gasteiger partial charge in [0, 0.05) is 30.3 Å². The molecule has 8 heteroatoms. The molecule has 0 atom stereocenters. The number of carbonyl (C=O) groups is 2. The van der Waals surface area contributed by atoms with Crippen LogP contribution in [0.4, 0.5) is 0 Å². The molecule has 8 nitrogen and oxygen atoms in total. The van der Waals surface area contributed by atoms with Gasteiger partial charge in [-0.15, -0.1) is 0 Å². The lowest BCUT2D eigenvalue weighted by atomic mass is 9.94. The van der Waals surface area contributed by atoms with Crippen LogP contribution in [0.3, 0.4) is 0 Å². The van der Waals surface area contributed by atoms with E-state index in [1.807, 2.05) is 32.0 Å². The second kappa shape index (κ2) is 9.76. The smallest absolute Gasteiger partial charge is 0.300 e. The number of nitrogens with zero attached hydrogens (tertiary/aromatic N) is 2. The first kappa shape index (κ1) is 22.5. The first-order valence-electron chi connectivity index (χ1n) is 10.8. The largest absolute Gasteiger partial charge is 0.328 e. The number of hydrazine groups is 1. The highest BCUT2D eigenvalue weighted by molar-refractivity contribution is 5.96. The number of rotatable bonds is 5. The summed E-state index contributed by atoms with van der Waals surface area (Å²) in [5.74, 6) is -0.567. The third-order valence-electron chi connectivity index (χ3n) is 5.64. The Morgan fingerprint density at radius 1 is 1.06 bits per heavy atom.